The van der Waals surface area contributed by atoms with Gasteiger partial charge in [-0.1, -0.05) is 12.1 Å². The van der Waals surface area contributed by atoms with Crippen molar-refractivity contribution in [2.75, 3.05) is 0 Å². The quantitative estimate of drug-likeness (QED) is 0.749. The molecule has 0 radical (unpaired) electrons. The van der Waals surface area contributed by atoms with E-state index in [1.165, 1.54) is 4.57 Å². The van der Waals surface area contributed by atoms with Gasteiger partial charge in [-0.25, -0.2) is 4.79 Å². The lowest BCUT2D eigenvalue weighted by atomic mass is 10.1. The number of hydrogen-bond acceptors (Lipinski definition) is 2. The highest BCUT2D eigenvalue weighted by Gasteiger charge is 2.13. The molecule has 4 nitrogen and oxygen atoms in total. The van der Waals surface area contributed by atoms with Gasteiger partial charge in [-0.05, 0) is 32.4 Å². The molecule has 0 aliphatic rings. The molecule has 0 unspecified atom stereocenters. The second kappa shape index (κ2) is 3.87. The Labute approximate surface area is 99.1 Å². The first-order chi connectivity index (χ1) is 7.95. The number of fused-ring (bicyclic) bond motifs is 1. The maximum atomic E-state index is 12.2. The molecule has 0 aliphatic carbocycles. The van der Waals surface area contributed by atoms with Crippen molar-refractivity contribution in [2.45, 2.75) is 26.8 Å². The monoisotopic (exact) mass is 232 g/mol. The van der Waals surface area contributed by atoms with Crippen molar-refractivity contribution in [2.24, 2.45) is 7.05 Å². The standard InChI is InChI=1S/C13H16N2O2/c1-8(2)15-12(16)10-7-5-6-9(3)11(10)14(4)13(15)17/h5-8H,1-4H3. The third kappa shape index (κ3) is 1.60. The fourth-order valence-electron chi connectivity index (χ4n) is 2.21. The molecule has 0 spiro atoms. The van der Waals surface area contributed by atoms with Crippen LogP contribution >= 0.6 is 0 Å². The van der Waals surface area contributed by atoms with Crippen LogP contribution in [-0.2, 0) is 7.05 Å². The number of hydrogen-bond donors (Lipinski definition) is 0. The Morgan fingerprint density at radius 2 is 1.82 bits per heavy atom. The molecular formula is C13H16N2O2. The summed E-state index contributed by atoms with van der Waals surface area (Å²) in [6.45, 7) is 5.58. The van der Waals surface area contributed by atoms with E-state index in [2.05, 4.69) is 0 Å². The summed E-state index contributed by atoms with van der Waals surface area (Å²) >= 11 is 0. The van der Waals surface area contributed by atoms with Crippen LogP contribution in [0.15, 0.2) is 27.8 Å². The minimum atomic E-state index is -0.258. The molecule has 1 aromatic heterocycles. The maximum Gasteiger partial charge on any atom is 0.331 e. The summed E-state index contributed by atoms with van der Waals surface area (Å²) in [4.78, 5) is 24.4. The number of aromatic nitrogens is 2. The van der Waals surface area contributed by atoms with E-state index in [1.54, 1.807) is 17.7 Å². The molecule has 0 fully saturated rings. The lowest BCUT2D eigenvalue weighted by molar-refractivity contribution is 0.532. The van der Waals surface area contributed by atoms with Gasteiger partial charge in [0.25, 0.3) is 5.56 Å². The van der Waals surface area contributed by atoms with Crippen molar-refractivity contribution in [1.29, 1.82) is 0 Å². The van der Waals surface area contributed by atoms with E-state index in [-0.39, 0.29) is 17.3 Å². The van der Waals surface area contributed by atoms with E-state index in [0.29, 0.717) is 5.39 Å². The molecule has 0 saturated carbocycles. The fraction of sp³-hybridized carbons (Fsp3) is 0.385. The third-order valence-corrected chi connectivity index (χ3v) is 3.03. The molecule has 0 atom stereocenters. The van der Waals surface area contributed by atoms with Gasteiger partial charge < -0.3 is 0 Å². The first-order valence-corrected chi connectivity index (χ1v) is 5.66. The van der Waals surface area contributed by atoms with Crippen molar-refractivity contribution in [1.82, 2.24) is 9.13 Å². The molecule has 4 heteroatoms. The fourth-order valence-corrected chi connectivity index (χ4v) is 2.21. The Morgan fingerprint density at radius 3 is 2.41 bits per heavy atom. The van der Waals surface area contributed by atoms with Crippen LogP contribution in [0.1, 0.15) is 25.5 Å². The molecule has 0 amide bonds. The van der Waals surface area contributed by atoms with Crippen LogP contribution in [0.3, 0.4) is 0 Å². The molecule has 2 rings (SSSR count). The Kier molecular flexibility index (Phi) is 2.65. The van der Waals surface area contributed by atoms with Crippen LogP contribution in [0, 0.1) is 6.92 Å². The van der Waals surface area contributed by atoms with E-state index in [1.807, 2.05) is 32.9 Å². The summed E-state index contributed by atoms with van der Waals surface area (Å²) in [5.74, 6) is 0. The van der Waals surface area contributed by atoms with Gasteiger partial charge in [0.15, 0.2) is 0 Å². The Bertz CT molecular complexity index is 693. The second-order valence-corrected chi connectivity index (χ2v) is 4.58. The Balaban J connectivity index is 3.12. The van der Waals surface area contributed by atoms with Crippen molar-refractivity contribution in [3.8, 4) is 0 Å². The van der Waals surface area contributed by atoms with Gasteiger partial charge in [0, 0.05) is 13.1 Å². The first-order valence-electron chi connectivity index (χ1n) is 5.66. The van der Waals surface area contributed by atoms with E-state index in [0.717, 1.165) is 11.1 Å². The zero-order valence-electron chi connectivity index (χ0n) is 10.5. The van der Waals surface area contributed by atoms with Crippen molar-refractivity contribution in [3.63, 3.8) is 0 Å². The predicted octanol–water partition coefficient (Wildman–Crippen LogP) is 1.59. The van der Waals surface area contributed by atoms with Crippen LogP contribution in [-0.4, -0.2) is 9.13 Å². The second-order valence-electron chi connectivity index (χ2n) is 4.58. The summed E-state index contributed by atoms with van der Waals surface area (Å²) in [5, 5.41) is 0.598. The lowest BCUT2D eigenvalue weighted by Gasteiger charge is -2.14. The van der Waals surface area contributed by atoms with Gasteiger partial charge in [-0.2, -0.15) is 0 Å². The van der Waals surface area contributed by atoms with Crippen LogP contribution < -0.4 is 11.2 Å². The van der Waals surface area contributed by atoms with E-state index in [4.69, 9.17) is 0 Å². The molecular weight excluding hydrogens is 216 g/mol. The molecule has 2 aromatic rings. The van der Waals surface area contributed by atoms with Crippen molar-refractivity contribution >= 4 is 10.9 Å². The van der Waals surface area contributed by atoms with Gasteiger partial charge >= 0.3 is 5.69 Å². The van der Waals surface area contributed by atoms with Gasteiger partial charge in [-0.3, -0.25) is 13.9 Å². The smallest absolute Gasteiger partial charge is 0.296 e. The van der Waals surface area contributed by atoms with Crippen LogP contribution in [0.4, 0.5) is 0 Å². The molecule has 0 bridgehead atoms. The molecule has 0 saturated heterocycles. The van der Waals surface area contributed by atoms with Gasteiger partial charge in [-0.15, -0.1) is 0 Å². The minimum absolute atomic E-state index is 0.133. The lowest BCUT2D eigenvalue weighted by Crippen LogP contribution is -2.40. The van der Waals surface area contributed by atoms with Gasteiger partial charge in [0.1, 0.15) is 0 Å². The maximum absolute atomic E-state index is 12.2. The average Bonchev–Trinajstić information content (AvgIpc) is 2.25. The largest absolute Gasteiger partial charge is 0.331 e. The summed E-state index contributed by atoms with van der Waals surface area (Å²) in [6.07, 6.45) is 0. The Morgan fingerprint density at radius 1 is 1.18 bits per heavy atom. The van der Waals surface area contributed by atoms with E-state index >= 15 is 0 Å². The number of para-hydroxylation sites is 1. The number of nitrogens with zero attached hydrogens (tertiary/aromatic N) is 2. The normalized spacial score (nSPS) is 11.4. The number of benzene rings is 1. The zero-order valence-corrected chi connectivity index (χ0v) is 10.5. The third-order valence-electron chi connectivity index (χ3n) is 3.03. The first kappa shape index (κ1) is 11.6. The van der Waals surface area contributed by atoms with Gasteiger partial charge in [0.05, 0.1) is 10.9 Å². The minimum Gasteiger partial charge on any atom is -0.296 e. The number of rotatable bonds is 1. The SMILES string of the molecule is Cc1cccc2c(=O)n(C(C)C)c(=O)n(C)c12. The topological polar surface area (TPSA) is 44.0 Å². The molecule has 1 aromatic carbocycles. The molecule has 1 heterocycles. The summed E-state index contributed by atoms with van der Waals surface area (Å²) in [5.41, 5.74) is 1.20. The average molecular weight is 232 g/mol. The van der Waals surface area contributed by atoms with Crippen LogP contribution in [0.25, 0.3) is 10.9 Å². The highest BCUT2D eigenvalue weighted by Crippen LogP contribution is 2.13. The molecule has 90 valence electrons. The molecule has 17 heavy (non-hydrogen) atoms. The Hall–Kier alpha value is -1.84. The summed E-state index contributed by atoms with van der Waals surface area (Å²) in [6, 6.07) is 5.38. The summed E-state index contributed by atoms with van der Waals surface area (Å²) < 4.78 is 2.84. The highest BCUT2D eigenvalue weighted by molar-refractivity contribution is 5.81. The van der Waals surface area contributed by atoms with Crippen LogP contribution in [0.2, 0.25) is 0 Å². The van der Waals surface area contributed by atoms with Crippen molar-refractivity contribution in [3.05, 3.63) is 44.6 Å². The molecule has 0 N–H and O–H groups in total. The zero-order chi connectivity index (χ0) is 12.7. The van der Waals surface area contributed by atoms with Gasteiger partial charge in [0.2, 0.25) is 0 Å². The van der Waals surface area contributed by atoms with E-state index in [9.17, 15) is 9.59 Å². The predicted molar refractivity (Wildman–Crippen MR) is 68.6 cm³/mol. The van der Waals surface area contributed by atoms with E-state index < -0.39 is 0 Å². The van der Waals surface area contributed by atoms with Crippen molar-refractivity contribution < 1.29 is 0 Å². The summed E-state index contributed by atoms with van der Waals surface area (Å²) in [7, 11) is 1.70. The van der Waals surface area contributed by atoms with Crippen LogP contribution in [0.5, 0.6) is 0 Å². The number of aryl methyl sites for hydroxylation is 2. The highest BCUT2D eigenvalue weighted by atomic mass is 16.2. The molecule has 0 aliphatic heterocycles.